The topological polar surface area (TPSA) is 105 Å². The van der Waals surface area contributed by atoms with Crippen LogP contribution in [-0.2, 0) is 19.4 Å². The van der Waals surface area contributed by atoms with Crippen molar-refractivity contribution in [3.8, 4) is 0 Å². The fraction of sp³-hybridized carbons (Fsp3) is 0.235. The fourth-order valence-electron chi connectivity index (χ4n) is 2.35. The summed E-state index contributed by atoms with van der Waals surface area (Å²) in [5.41, 5.74) is 1.45. The molecule has 0 fully saturated rings. The van der Waals surface area contributed by atoms with Crippen LogP contribution in [0.1, 0.15) is 12.0 Å². The number of carbonyl (C=O) groups excluding carboxylic acids is 2. The molecule has 0 radical (unpaired) electrons. The highest BCUT2D eigenvalue weighted by Gasteiger charge is 2.21. The third-order valence-corrected chi connectivity index (χ3v) is 6.51. The van der Waals surface area contributed by atoms with E-state index < -0.39 is 15.7 Å². The van der Waals surface area contributed by atoms with Gasteiger partial charge >= 0.3 is 0 Å². The molecule has 3 rings (SSSR count). The molecule has 2 aromatic rings. The molecule has 1 aliphatic rings. The monoisotopic (exact) mass is 391 g/mol. The predicted molar refractivity (Wildman–Crippen MR) is 100 cm³/mol. The Balaban J connectivity index is 1.65. The summed E-state index contributed by atoms with van der Waals surface area (Å²) in [6.45, 7) is 1.88. The molecule has 0 atom stereocenters. The maximum Gasteiger partial charge on any atom is 0.234 e. The lowest BCUT2D eigenvalue weighted by Gasteiger charge is -2.17. The van der Waals surface area contributed by atoms with Gasteiger partial charge in [0.05, 0.1) is 22.1 Å². The van der Waals surface area contributed by atoms with Gasteiger partial charge < -0.3 is 10.6 Å². The fourth-order valence-corrected chi connectivity index (χ4v) is 4.40. The van der Waals surface area contributed by atoms with Gasteiger partial charge in [0.1, 0.15) is 5.82 Å². The van der Waals surface area contributed by atoms with Crippen molar-refractivity contribution < 1.29 is 18.0 Å². The van der Waals surface area contributed by atoms with E-state index in [2.05, 4.69) is 15.6 Å². The zero-order valence-electron chi connectivity index (χ0n) is 14.0. The summed E-state index contributed by atoms with van der Waals surface area (Å²) in [6, 6.07) is 8.07. The van der Waals surface area contributed by atoms with Crippen molar-refractivity contribution in [2.75, 3.05) is 22.1 Å². The minimum absolute atomic E-state index is 0.0836. The van der Waals surface area contributed by atoms with Gasteiger partial charge in [-0.2, -0.15) is 0 Å². The van der Waals surface area contributed by atoms with Crippen molar-refractivity contribution in [3.05, 3.63) is 42.1 Å². The molecule has 26 heavy (non-hydrogen) atoms. The molecule has 0 saturated heterocycles. The third kappa shape index (κ3) is 4.41. The summed E-state index contributed by atoms with van der Waals surface area (Å²) in [6.07, 6.45) is 1.43. The zero-order chi connectivity index (χ0) is 18.7. The molecule has 0 saturated carbocycles. The highest BCUT2D eigenvalue weighted by atomic mass is 32.2. The molecule has 1 aromatic carbocycles. The molecule has 0 spiro atoms. The number of anilines is 2. The van der Waals surface area contributed by atoms with Gasteiger partial charge in [0, 0.05) is 17.5 Å². The van der Waals surface area contributed by atoms with E-state index in [1.165, 1.54) is 23.9 Å². The Morgan fingerprint density at radius 3 is 2.85 bits per heavy atom. The van der Waals surface area contributed by atoms with E-state index in [-0.39, 0.29) is 23.0 Å². The molecule has 2 N–H and O–H groups in total. The summed E-state index contributed by atoms with van der Waals surface area (Å²) < 4.78 is 25.0. The first-order valence-corrected chi connectivity index (χ1v) is 10.5. The van der Waals surface area contributed by atoms with Gasteiger partial charge in [0.15, 0.2) is 9.84 Å². The van der Waals surface area contributed by atoms with Crippen LogP contribution >= 0.6 is 11.8 Å². The predicted octanol–water partition coefficient (Wildman–Crippen LogP) is 2.24. The van der Waals surface area contributed by atoms with Gasteiger partial charge in [-0.1, -0.05) is 6.07 Å². The zero-order valence-corrected chi connectivity index (χ0v) is 15.6. The second-order valence-electron chi connectivity index (χ2n) is 5.83. The Kier molecular flexibility index (Phi) is 5.28. The number of hydrogen-bond donors (Lipinski definition) is 2. The Labute approximate surface area is 155 Å². The molecule has 0 bridgehead atoms. The number of nitrogens with zero attached hydrogens (tertiary/aromatic N) is 1. The van der Waals surface area contributed by atoms with Crippen molar-refractivity contribution in [2.24, 2.45) is 0 Å². The second kappa shape index (κ2) is 7.46. The van der Waals surface area contributed by atoms with Crippen LogP contribution in [0.15, 0.2) is 46.3 Å². The van der Waals surface area contributed by atoms with Gasteiger partial charge in [-0.3, -0.25) is 9.59 Å². The van der Waals surface area contributed by atoms with Crippen LogP contribution in [0.3, 0.4) is 0 Å². The van der Waals surface area contributed by atoms with E-state index in [1.54, 1.807) is 24.4 Å². The standard InChI is InChI=1S/C17H17N3O4S2/c1-11-2-5-15(18-9-11)20-16(21)6-7-26(23,24)12-3-4-14-13(8-12)19-17(22)10-25-14/h2-5,8-9H,6-7,10H2,1H3,(H,19,22)(H,18,20,21). The van der Waals surface area contributed by atoms with Gasteiger partial charge in [-0.05, 0) is 36.8 Å². The Bertz CT molecular complexity index is 956. The van der Waals surface area contributed by atoms with Gasteiger partial charge in [0.25, 0.3) is 0 Å². The van der Waals surface area contributed by atoms with Crippen LogP contribution < -0.4 is 10.6 Å². The molecule has 9 heteroatoms. The van der Waals surface area contributed by atoms with Crippen LogP contribution in [0, 0.1) is 6.92 Å². The normalized spacial score (nSPS) is 13.7. The van der Waals surface area contributed by atoms with Crippen molar-refractivity contribution in [1.82, 2.24) is 4.98 Å². The first-order chi connectivity index (χ1) is 12.3. The molecular weight excluding hydrogens is 374 g/mol. The van der Waals surface area contributed by atoms with Crippen LogP contribution in [0.5, 0.6) is 0 Å². The maximum atomic E-state index is 12.5. The average Bonchev–Trinajstić information content (AvgIpc) is 2.61. The number of sulfone groups is 1. The Morgan fingerprint density at radius 2 is 2.12 bits per heavy atom. The number of hydrogen-bond acceptors (Lipinski definition) is 6. The van der Waals surface area contributed by atoms with Gasteiger partial charge in [-0.25, -0.2) is 13.4 Å². The smallest absolute Gasteiger partial charge is 0.234 e. The summed E-state index contributed by atoms with van der Waals surface area (Å²) in [5.74, 6) is -0.225. The van der Waals surface area contributed by atoms with Crippen molar-refractivity contribution in [2.45, 2.75) is 23.1 Å². The lowest BCUT2D eigenvalue weighted by atomic mass is 10.3. The average molecular weight is 391 g/mol. The van der Waals surface area contributed by atoms with E-state index in [4.69, 9.17) is 0 Å². The largest absolute Gasteiger partial charge is 0.324 e. The van der Waals surface area contributed by atoms with Crippen molar-refractivity contribution >= 4 is 44.9 Å². The molecule has 2 heterocycles. The molecule has 1 aliphatic heterocycles. The number of pyridine rings is 1. The molecule has 1 aromatic heterocycles. The van der Waals surface area contributed by atoms with Crippen LogP contribution in [0.25, 0.3) is 0 Å². The number of amides is 2. The summed E-state index contributed by atoms with van der Waals surface area (Å²) in [5, 5.41) is 5.24. The molecule has 7 nitrogen and oxygen atoms in total. The minimum Gasteiger partial charge on any atom is -0.324 e. The number of carbonyl (C=O) groups is 2. The van der Waals surface area contributed by atoms with Gasteiger partial charge in [0.2, 0.25) is 11.8 Å². The highest BCUT2D eigenvalue weighted by Crippen LogP contribution is 2.33. The maximum absolute atomic E-state index is 12.5. The van der Waals surface area contributed by atoms with Crippen LogP contribution in [0.2, 0.25) is 0 Å². The van der Waals surface area contributed by atoms with Crippen molar-refractivity contribution in [1.29, 1.82) is 0 Å². The van der Waals surface area contributed by atoms with E-state index in [9.17, 15) is 18.0 Å². The Hall–Kier alpha value is -2.39. The molecule has 0 unspecified atom stereocenters. The van der Waals surface area contributed by atoms with Crippen LogP contribution in [0.4, 0.5) is 11.5 Å². The summed E-state index contributed by atoms with van der Waals surface area (Å²) in [7, 11) is -3.65. The second-order valence-corrected chi connectivity index (χ2v) is 8.96. The number of thioether (sulfide) groups is 1. The van der Waals surface area contributed by atoms with Crippen LogP contribution in [-0.4, -0.2) is 36.7 Å². The molecule has 136 valence electrons. The van der Waals surface area contributed by atoms with E-state index in [1.807, 2.05) is 6.92 Å². The number of rotatable bonds is 5. The SMILES string of the molecule is Cc1ccc(NC(=O)CCS(=O)(=O)c2ccc3c(c2)NC(=O)CS3)nc1. The van der Waals surface area contributed by atoms with Crippen molar-refractivity contribution in [3.63, 3.8) is 0 Å². The number of fused-ring (bicyclic) bond motifs is 1. The number of aryl methyl sites for hydroxylation is 1. The van der Waals surface area contributed by atoms with Gasteiger partial charge in [-0.15, -0.1) is 11.8 Å². The molecule has 0 aliphatic carbocycles. The molecule has 2 amide bonds. The first-order valence-electron chi connectivity index (χ1n) is 7.85. The lowest BCUT2D eigenvalue weighted by molar-refractivity contribution is -0.116. The van der Waals surface area contributed by atoms with E-state index in [0.29, 0.717) is 17.3 Å². The summed E-state index contributed by atoms with van der Waals surface area (Å²) in [4.78, 5) is 28.4. The Morgan fingerprint density at radius 1 is 1.31 bits per heavy atom. The van der Waals surface area contributed by atoms with E-state index >= 15 is 0 Å². The first kappa shape index (κ1) is 18.4. The summed E-state index contributed by atoms with van der Waals surface area (Å²) >= 11 is 1.36. The number of benzene rings is 1. The highest BCUT2D eigenvalue weighted by molar-refractivity contribution is 8.00. The molecular formula is C17H17N3O4S2. The van der Waals surface area contributed by atoms with E-state index in [0.717, 1.165) is 10.5 Å². The number of aromatic nitrogens is 1. The quantitative estimate of drug-likeness (QED) is 0.810. The minimum atomic E-state index is -3.65. The number of nitrogens with one attached hydrogen (secondary N) is 2. The third-order valence-electron chi connectivity index (χ3n) is 3.72. The lowest BCUT2D eigenvalue weighted by Crippen LogP contribution is -2.20.